The number of carbonyl (C=O) groups excluding carboxylic acids is 2. The smallest absolute Gasteiger partial charge is 0.321 e. The standard InChI is InChI=1S/C23H25N5O2S/c1-2-16-10-12-19(13-11-16)25-23(30)28-14-6-7-17(15-28)21-26-27-22(31-21)20(29)24-18-8-4-3-5-9-18/h3-5,8-13,17H,2,6-7,14-15H2,1H3,(H,24,29)(H,25,30)/t17-/m1/s1. The van der Waals surface area contributed by atoms with Gasteiger partial charge in [0.15, 0.2) is 0 Å². The van der Waals surface area contributed by atoms with Gasteiger partial charge in [0.1, 0.15) is 5.01 Å². The molecule has 2 heterocycles. The van der Waals surface area contributed by atoms with Crippen molar-refractivity contribution < 1.29 is 9.59 Å². The van der Waals surface area contributed by atoms with Crippen LogP contribution in [-0.2, 0) is 6.42 Å². The van der Waals surface area contributed by atoms with Crippen molar-refractivity contribution in [3.8, 4) is 0 Å². The molecular weight excluding hydrogens is 410 g/mol. The summed E-state index contributed by atoms with van der Waals surface area (Å²) in [5, 5.41) is 15.3. The van der Waals surface area contributed by atoms with Crippen LogP contribution in [0.1, 0.15) is 46.1 Å². The molecule has 0 bridgehead atoms. The third-order valence-corrected chi connectivity index (χ3v) is 6.42. The number of piperidine rings is 1. The molecule has 2 N–H and O–H groups in total. The lowest BCUT2D eigenvalue weighted by atomic mass is 9.99. The normalized spacial score (nSPS) is 16.0. The van der Waals surface area contributed by atoms with Crippen LogP contribution in [0.15, 0.2) is 54.6 Å². The van der Waals surface area contributed by atoms with Crippen molar-refractivity contribution in [3.63, 3.8) is 0 Å². The van der Waals surface area contributed by atoms with Crippen molar-refractivity contribution in [1.29, 1.82) is 0 Å². The zero-order valence-corrected chi connectivity index (χ0v) is 18.2. The predicted octanol–water partition coefficient (Wildman–Crippen LogP) is 4.76. The van der Waals surface area contributed by atoms with Gasteiger partial charge >= 0.3 is 6.03 Å². The number of nitrogens with one attached hydrogen (secondary N) is 2. The van der Waals surface area contributed by atoms with Gasteiger partial charge in [-0.05, 0) is 49.1 Å². The van der Waals surface area contributed by atoms with E-state index in [1.54, 1.807) is 0 Å². The number of carbonyl (C=O) groups is 2. The van der Waals surface area contributed by atoms with Crippen LogP contribution in [0.5, 0.6) is 0 Å². The number of para-hydroxylation sites is 1. The topological polar surface area (TPSA) is 87.2 Å². The highest BCUT2D eigenvalue weighted by molar-refractivity contribution is 7.13. The van der Waals surface area contributed by atoms with Crippen LogP contribution in [-0.4, -0.2) is 40.1 Å². The molecule has 1 aliphatic rings. The van der Waals surface area contributed by atoms with E-state index < -0.39 is 0 Å². The van der Waals surface area contributed by atoms with Crippen LogP contribution in [0, 0.1) is 0 Å². The fourth-order valence-electron chi connectivity index (χ4n) is 3.59. The molecule has 3 aromatic rings. The quantitative estimate of drug-likeness (QED) is 0.605. The Morgan fingerprint density at radius 1 is 1.03 bits per heavy atom. The molecule has 8 heteroatoms. The van der Waals surface area contributed by atoms with Crippen LogP contribution >= 0.6 is 11.3 Å². The molecule has 2 aromatic carbocycles. The molecule has 0 saturated carbocycles. The van der Waals surface area contributed by atoms with E-state index in [4.69, 9.17) is 0 Å². The number of aromatic nitrogens is 2. The number of benzene rings is 2. The summed E-state index contributed by atoms with van der Waals surface area (Å²) in [5.41, 5.74) is 2.75. The van der Waals surface area contributed by atoms with E-state index in [0.29, 0.717) is 18.1 Å². The van der Waals surface area contributed by atoms with Crippen molar-refractivity contribution in [2.24, 2.45) is 0 Å². The molecule has 7 nitrogen and oxygen atoms in total. The summed E-state index contributed by atoms with van der Waals surface area (Å²) < 4.78 is 0. The molecule has 3 amide bonds. The summed E-state index contributed by atoms with van der Waals surface area (Å²) in [6, 6.07) is 17.1. The number of nitrogens with zero attached hydrogens (tertiary/aromatic N) is 3. The Labute approximate surface area is 185 Å². The zero-order chi connectivity index (χ0) is 21.6. The molecule has 0 unspecified atom stereocenters. The molecule has 0 aliphatic carbocycles. The van der Waals surface area contributed by atoms with Gasteiger partial charge in [0, 0.05) is 30.4 Å². The number of hydrogen-bond acceptors (Lipinski definition) is 5. The van der Waals surface area contributed by atoms with E-state index in [1.807, 2.05) is 59.5 Å². The summed E-state index contributed by atoms with van der Waals surface area (Å²) >= 11 is 1.30. The largest absolute Gasteiger partial charge is 0.324 e. The minimum Gasteiger partial charge on any atom is -0.324 e. The van der Waals surface area contributed by atoms with E-state index in [9.17, 15) is 9.59 Å². The molecule has 31 heavy (non-hydrogen) atoms. The zero-order valence-electron chi connectivity index (χ0n) is 17.4. The molecule has 1 fully saturated rings. The van der Waals surface area contributed by atoms with E-state index in [2.05, 4.69) is 27.8 Å². The third kappa shape index (κ3) is 5.27. The van der Waals surface area contributed by atoms with Crippen molar-refractivity contribution in [2.45, 2.75) is 32.1 Å². The second-order valence-electron chi connectivity index (χ2n) is 7.53. The Morgan fingerprint density at radius 2 is 1.77 bits per heavy atom. The average Bonchev–Trinajstić information content (AvgIpc) is 3.31. The average molecular weight is 436 g/mol. The van der Waals surface area contributed by atoms with Gasteiger partial charge in [0.05, 0.1) is 0 Å². The van der Waals surface area contributed by atoms with E-state index in [-0.39, 0.29) is 17.9 Å². The third-order valence-electron chi connectivity index (χ3n) is 5.34. The van der Waals surface area contributed by atoms with E-state index in [1.165, 1.54) is 16.9 Å². The summed E-state index contributed by atoms with van der Waals surface area (Å²) in [6.45, 7) is 3.37. The predicted molar refractivity (Wildman–Crippen MR) is 123 cm³/mol. The molecule has 4 rings (SSSR count). The Hall–Kier alpha value is -3.26. The number of likely N-dealkylation sites (tertiary alicyclic amines) is 1. The van der Waals surface area contributed by atoms with E-state index in [0.717, 1.165) is 35.6 Å². The minimum absolute atomic E-state index is 0.0812. The molecule has 0 radical (unpaired) electrons. The maximum Gasteiger partial charge on any atom is 0.321 e. The number of amides is 3. The van der Waals surface area contributed by atoms with Gasteiger partial charge in [-0.1, -0.05) is 48.6 Å². The highest BCUT2D eigenvalue weighted by Gasteiger charge is 2.28. The first kappa shape index (κ1) is 21.0. The van der Waals surface area contributed by atoms with Crippen molar-refractivity contribution >= 4 is 34.6 Å². The fourth-order valence-corrected chi connectivity index (χ4v) is 4.45. The Balaban J connectivity index is 1.37. The molecule has 1 aliphatic heterocycles. The Bertz CT molecular complexity index is 1040. The van der Waals surface area contributed by atoms with Crippen LogP contribution < -0.4 is 10.6 Å². The molecule has 160 valence electrons. The summed E-state index contributed by atoms with van der Waals surface area (Å²) in [6.07, 6.45) is 2.77. The summed E-state index contributed by atoms with van der Waals surface area (Å²) in [4.78, 5) is 27.0. The maximum atomic E-state index is 12.7. The van der Waals surface area contributed by atoms with Gasteiger partial charge in [0.2, 0.25) is 5.01 Å². The van der Waals surface area contributed by atoms with Gasteiger partial charge < -0.3 is 15.5 Å². The highest BCUT2D eigenvalue weighted by Crippen LogP contribution is 2.29. The molecule has 1 saturated heterocycles. The minimum atomic E-state index is -0.268. The van der Waals surface area contributed by atoms with Gasteiger partial charge in [-0.25, -0.2) is 4.79 Å². The van der Waals surface area contributed by atoms with Crippen LogP contribution in [0.25, 0.3) is 0 Å². The van der Waals surface area contributed by atoms with E-state index >= 15 is 0 Å². The van der Waals surface area contributed by atoms with Crippen LogP contribution in [0.4, 0.5) is 16.2 Å². The first-order chi connectivity index (χ1) is 15.1. The van der Waals surface area contributed by atoms with Gasteiger partial charge in [-0.2, -0.15) is 0 Å². The molecular formula is C23H25N5O2S. The summed E-state index contributed by atoms with van der Waals surface area (Å²) in [7, 11) is 0. The maximum absolute atomic E-state index is 12.7. The molecule has 1 aromatic heterocycles. The molecule has 1 atom stereocenters. The van der Waals surface area contributed by atoms with Gasteiger partial charge in [0.25, 0.3) is 5.91 Å². The number of anilines is 2. The first-order valence-corrected chi connectivity index (χ1v) is 11.3. The van der Waals surface area contributed by atoms with Crippen molar-refractivity contribution in [3.05, 3.63) is 70.2 Å². The number of aryl methyl sites for hydroxylation is 1. The highest BCUT2D eigenvalue weighted by atomic mass is 32.1. The van der Waals surface area contributed by atoms with Crippen molar-refractivity contribution in [2.75, 3.05) is 23.7 Å². The van der Waals surface area contributed by atoms with Gasteiger partial charge in [-0.15, -0.1) is 10.2 Å². The monoisotopic (exact) mass is 435 g/mol. The number of rotatable bonds is 5. The SMILES string of the molecule is CCc1ccc(NC(=O)N2CCC[C@@H](c3nnc(C(=O)Nc4ccccc4)s3)C2)cc1. The first-order valence-electron chi connectivity index (χ1n) is 10.5. The summed E-state index contributed by atoms with van der Waals surface area (Å²) in [5.74, 6) is -0.186. The number of urea groups is 1. The lowest BCUT2D eigenvalue weighted by Crippen LogP contribution is -2.41. The lowest BCUT2D eigenvalue weighted by Gasteiger charge is -2.31. The second kappa shape index (κ2) is 9.70. The van der Waals surface area contributed by atoms with Gasteiger partial charge in [-0.3, -0.25) is 4.79 Å². The van der Waals surface area contributed by atoms with Crippen LogP contribution in [0.3, 0.4) is 0 Å². The second-order valence-corrected chi connectivity index (χ2v) is 8.54. The lowest BCUT2D eigenvalue weighted by molar-refractivity contribution is 0.102. The number of hydrogen-bond donors (Lipinski definition) is 2. The Morgan fingerprint density at radius 3 is 2.52 bits per heavy atom. The Kier molecular flexibility index (Phi) is 6.57. The van der Waals surface area contributed by atoms with Crippen molar-refractivity contribution in [1.82, 2.24) is 15.1 Å². The van der Waals surface area contributed by atoms with Crippen LogP contribution in [0.2, 0.25) is 0 Å². The fraction of sp³-hybridized carbons (Fsp3) is 0.304. The molecule has 0 spiro atoms.